The summed E-state index contributed by atoms with van der Waals surface area (Å²) >= 11 is 0. The van der Waals surface area contributed by atoms with Gasteiger partial charge in [-0.15, -0.1) is 5.10 Å². The SMILES string of the molecule is Cc1cccc(C)c1-n1nnnc1C1(C)CCC(=O)N1C1CCN(Cc2ccccc2)CC1. The van der Waals surface area contributed by atoms with Crippen LogP contribution in [0.1, 0.15) is 55.1 Å². The molecule has 2 aromatic carbocycles. The Labute approximate surface area is 195 Å². The second kappa shape index (κ2) is 8.71. The van der Waals surface area contributed by atoms with Crippen molar-refractivity contribution in [1.29, 1.82) is 0 Å². The average Bonchev–Trinajstić information content (AvgIpc) is 3.41. The molecular weight excluding hydrogens is 412 g/mol. The Morgan fingerprint density at radius 2 is 1.70 bits per heavy atom. The fraction of sp³-hybridized carbons (Fsp3) is 0.462. The number of carbonyl (C=O) groups is 1. The van der Waals surface area contributed by atoms with Gasteiger partial charge in [-0.3, -0.25) is 9.69 Å². The second-order valence-electron chi connectivity index (χ2n) is 9.69. The van der Waals surface area contributed by atoms with Crippen LogP contribution in [0.25, 0.3) is 5.69 Å². The first-order valence-corrected chi connectivity index (χ1v) is 11.9. The van der Waals surface area contributed by atoms with Crippen LogP contribution in [0.2, 0.25) is 0 Å². The number of carbonyl (C=O) groups excluding carboxylic acids is 1. The number of aryl methyl sites for hydroxylation is 2. The van der Waals surface area contributed by atoms with Crippen molar-refractivity contribution in [2.45, 2.75) is 64.6 Å². The lowest BCUT2D eigenvalue weighted by molar-refractivity contribution is -0.135. The lowest BCUT2D eigenvalue weighted by atomic mass is 9.93. The van der Waals surface area contributed by atoms with Crippen molar-refractivity contribution in [3.63, 3.8) is 0 Å². The van der Waals surface area contributed by atoms with Crippen molar-refractivity contribution in [1.82, 2.24) is 30.0 Å². The quantitative estimate of drug-likeness (QED) is 0.599. The lowest BCUT2D eigenvalue weighted by Crippen LogP contribution is -2.52. The zero-order valence-corrected chi connectivity index (χ0v) is 19.7. The molecule has 33 heavy (non-hydrogen) atoms. The van der Waals surface area contributed by atoms with Gasteiger partial charge in [0.1, 0.15) is 5.54 Å². The maximum absolute atomic E-state index is 13.2. The van der Waals surface area contributed by atoms with E-state index < -0.39 is 5.54 Å². The fourth-order valence-electron chi connectivity index (χ4n) is 5.68. The van der Waals surface area contributed by atoms with E-state index in [2.05, 4.69) is 94.6 Å². The Morgan fingerprint density at radius 1 is 1.00 bits per heavy atom. The number of rotatable bonds is 5. The number of para-hydroxylation sites is 1. The van der Waals surface area contributed by atoms with Crippen LogP contribution in [-0.2, 0) is 16.9 Å². The molecule has 2 fully saturated rings. The highest BCUT2D eigenvalue weighted by molar-refractivity contribution is 5.80. The van der Waals surface area contributed by atoms with Gasteiger partial charge in [-0.25, -0.2) is 0 Å². The summed E-state index contributed by atoms with van der Waals surface area (Å²) in [6.07, 6.45) is 3.22. The summed E-state index contributed by atoms with van der Waals surface area (Å²) in [5.41, 5.74) is 4.08. The Kier molecular flexibility index (Phi) is 5.74. The summed E-state index contributed by atoms with van der Waals surface area (Å²) in [6.45, 7) is 9.24. The molecule has 0 radical (unpaired) electrons. The Bertz CT molecular complexity index is 1110. The largest absolute Gasteiger partial charge is 0.327 e. The zero-order valence-electron chi connectivity index (χ0n) is 19.7. The molecule has 7 heteroatoms. The summed E-state index contributed by atoms with van der Waals surface area (Å²) in [5, 5.41) is 12.9. The van der Waals surface area contributed by atoms with E-state index in [0.29, 0.717) is 6.42 Å². The average molecular weight is 445 g/mol. The van der Waals surface area contributed by atoms with E-state index >= 15 is 0 Å². The van der Waals surface area contributed by atoms with Crippen LogP contribution in [0.5, 0.6) is 0 Å². The summed E-state index contributed by atoms with van der Waals surface area (Å²) in [4.78, 5) is 17.8. The number of amides is 1. The van der Waals surface area contributed by atoms with Gasteiger partial charge in [0.05, 0.1) is 5.69 Å². The van der Waals surface area contributed by atoms with Gasteiger partial charge in [0.15, 0.2) is 5.82 Å². The molecule has 3 heterocycles. The standard InChI is InChI=1S/C26H32N6O/c1-19-8-7-9-20(2)24(19)32-25(27-28-29-32)26(3)15-12-23(33)31(26)22-13-16-30(17-14-22)18-21-10-5-4-6-11-21/h4-11,22H,12-18H2,1-3H3. The minimum Gasteiger partial charge on any atom is -0.327 e. The monoisotopic (exact) mass is 444 g/mol. The highest BCUT2D eigenvalue weighted by atomic mass is 16.2. The molecule has 172 valence electrons. The summed E-state index contributed by atoms with van der Waals surface area (Å²) in [5.74, 6) is 0.979. The van der Waals surface area contributed by atoms with Gasteiger partial charge in [-0.2, -0.15) is 4.68 Å². The van der Waals surface area contributed by atoms with Crippen molar-refractivity contribution in [2.75, 3.05) is 13.1 Å². The molecule has 0 spiro atoms. The van der Waals surface area contributed by atoms with Crippen LogP contribution in [0.3, 0.4) is 0 Å². The maximum atomic E-state index is 13.2. The number of hydrogen-bond donors (Lipinski definition) is 0. The third-order valence-electron chi connectivity index (χ3n) is 7.40. The normalized spacial score (nSPS) is 22.3. The van der Waals surface area contributed by atoms with Crippen LogP contribution in [0.15, 0.2) is 48.5 Å². The molecule has 1 aromatic heterocycles. The highest BCUT2D eigenvalue weighted by Gasteiger charge is 2.50. The van der Waals surface area contributed by atoms with Crippen LogP contribution >= 0.6 is 0 Å². The minimum atomic E-state index is -0.512. The van der Waals surface area contributed by atoms with E-state index in [1.807, 2.05) is 4.68 Å². The number of piperidine rings is 1. The first kappa shape index (κ1) is 21.8. The number of nitrogens with zero attached hydrogens (tertiary/aromatic N) is 6. The molecule has 2 aliphatic rings. The second-order valence-corrected chi connectivity index (χ2v) is 9.69. The topological polar surface area (TPSA) is 67.2 Å². The van der Waals surface area contributed by atoms with Crippen molar-refractivity contribution in [2.24, 2.45) is 0 Å². The lowest BCUT2D eigenvalue weighted by Gasteiger charge is -2.43. The van der Waals surface area contributed by atoms with E-state index in [1.54, 1.807) is 0 Å². The first-order chi connectivity index (χ1) is 16.0. The third kappa shape index (κ3) is 3.95. The molecule has 1 amide bonds. The predicted octanol–water partition coefficient (Wildman–Crippen LogP) is 3.78. The van der Waals surface area contributed by atoms with E-state index in [9.17, 15) is 4.79 Å². The minimum absolute atomic E-state index is 0.208. The molecular formula is C26H32N6O. The van der Waals surface area contributed by atoms with Crippen LogP contribution in [0.4, 0.5) is 0 Å². The van der Waals surface area contributed by atoms with Gasteiger partial charge in [0.25, 0.3) is 0 Å². The zero-order chi connectivity index (χ0) is 23.0. The van der Waals surface area contributed by atoms with Crippen LogP contribution < -0.4 is 0 Å². The smallest absolute Gasteiger partial charge is 0.223 e. The number of tetrazole rings is 1. The van der Waals surface area contributed by atoms with E-state index in [-0.39, 0.29) is 11.9 Å². The highest BCUT2D eigenvalue weighted by Crippen LogP contribution is 2.42. The Hall–Kier alpha value is -3.06. The van der Waals surface area contributed by atoms with Crippen molar-refractivity contribution in [3.05, 3.63) is 71.0 Å². The van der Waals surface area contributed by atoms with Crippen molar-refractivity contribution < 1.29 is 4.79 Å². The molecule has 2 aliphatic heterocycles. The van der Waals surface area contributed by atoms with Gasteiger partial charge in [-0.05, 0) is 67.2 Å². The molecule has 0 saturated carbocycles. The number of likely N-dealkylation sites (tertiary alicyclic amines) is 2. The van der Waals surface area contributed by atoms with Crippen molar-refractivity contribution in [3.8, 4) is 5.69 Å². The molecule has 1 unspecified atom stereocenters. The number of hydrogen-bond acceptors (Lipinski definition) is 5. The summed E-state index contributed by atoms with van der Waals surface area (Å²) in [7, 11) is 0. The summed E-state index contributed by atoms with van der Waals surface area (Å²) in [6, 6.07) is 17.0. The molecule has 3 aromatic rings. The van der Waals surface area contributed by atoms with E-state index in [4.69, 9.17) is 0 Å². The number of benzene rings is 2. The fourth-order valence-corrected chi connectivity index (χ4v) is 5.68. The Balaban J connectivity index is 1.39. The molecule has 1 atom stereocenters. The first-order valence-electron chi connectivity index (χ1n) is 11.9. The third-order valence-corrected chi connectivity index (χ3v) is 7.40. The van der Waals surface area contributed by atoms with Gasteiger partial charge in [0, 0.05) is 32.1 Å². The van der Waals surface area contributed by atoms with Gasteiger partial charge in [-0.1, -0.05) is 48.5 Å². The molecule has 0 aliphatic carbocycles. The van der Waals surface area contributed by atoms with Gasteiger partial charge < -0.3 is 4.90 Å². The van der Waals surface area contributed by atoms with E-state index in [0.717, 1.165) is 61.5 Å². The number of aromatic nitrogens is 4. The molecule has 0 N–H and O–H groups in total. The van der Waals surface area contributed by atoms with Crippen molar-refractivity contribution >= 4 is 5.91 Å². The van der Waals surface area contributed by atoms with Crippen LogP contribution in [-0.4, -0.2) is 55.0 Å². The molecule has 7 nitrogen and oxygen atoms in total. The summed E-state index contributed by atoms with van der Waals surface area (Å²) < 4.78 is 1.86. The van der Waals surface area contributed by atoms with Crippen LogP contribution in [0, 0.1) is 13.8 Å². The predicted molar refractivity (Wildman–Crippen MR) is 127 cm³/mol. The van der Waals surface area contributed by atoms with Gasteiger partial charge in [0.2, 0.25) is 5.91 Å². The maximum Gasteiger partial charge on any atom is 0.223 e. The van der Waals surface area contributed by atoms with E-state index in [1.165, 1.54) is 5.56 Å². The molecule has 5 rings (SSSR count). The Morgan fingerprint density at radius 3 is 2.39 bits per heavy atom. The van der Waals surface area contributed by atoms with Gasteiger partial charge >= 0.3 is 0 Å². The molecule has 2 saturated heterocycles. The molecule has 0 bridgehead atoms.